The Morgan fingerprint density at radius 3 is 2.53 bits per heavy atom. The zero-order valence-corrected chi connectivity index (χ0v) is 10.5. The number of aliphatic imine (C=N–C) groups is 1. The summed E-state index contributed by atoms with van der Waals surface area (Å²) in [5.74, 6) is 0.886. The lowest BCUT2D eigenvalue weighted by molar-refractivity contribution is 0.192. The number of unbranched alkanes of at least 4 members (excludes halogenated alkanes) is 2. The average Bonchev–Trinajstić information content (AvgIpc) is 2.20. The van der Waals surface area contributed by atoms with Gasteiger partial charge < -0.3 is 15.4 Å². The lowest BCUT2D eigenvalue weighted by Crippen LogP contribution is -2.41. The second kappa shape index (κ2) is 9.77. The van der Waals surface area contributed by atoms with Crippen LogP contribution in [0.25, 0.3) is 0 Å². The summed E-state index contributed by atoms with van der Waals surface area (Å²) < 4.78 is 4.99. The lowest BCUT2D eigenvalue weighted by atomic mass is 10.2. The molecule has 0 rings (SSSR count). The summed E-state index contributed by atoms with van der Waals surface area (Å²) in [6, 6.07) is 0.421. The molecule has 15 heavy (non-hydrogen) atoms. The van der Waals surface area contributed by atoms with Gasteiger partial charge in [-0.05, 0) is 33.1 Å². The maximum absolute atomic E-state index is 4.99. The minimum atomic E-state index is 0.421. The fourth-order valence-corrected chi connectivity index (χ4v) is 1.22. The van der Waals surface area contributed by atoms with Crippen LogP contribution in [-0.4, -0.2) is 39.3 Å². The molecule has 0 saturated heterocycles. The molecule has 0 spiro atoms. The number of hydrogen-bond acceptors (Lipinski definition) is 2. The van der Waals surface area contributed by atoms with Gasteiger partial charge in [0.2, 0.25) is 0 Å². The monoisotopic (exact) mass is 215 g/mol. The SMILES string of the molecule is CN=C(NCCCCCOC)NC(C)C. The predicted molar refractivity (Wildman–Crippen MR) is 65.4 cm³/mol. The van der Waals surface area contributed by atoms with Gasteiger partial charge in [0.15, 0.2) is 5.96 Å². The largest absolute Gasteiger partial charge is 0.385 e. The van der Waals surface area contributed by atoms with Gasteiger partial charge in [-0.2, -0.15) is 0 Å². The van der Waals surface area contributed by atoms with E-state index in [9.17, 15) is 0 Å². The van der Waals surface area contributed by atoms with E-state index >= 15 is 0 Å². The highest BCUT2D eigenvalue weighted by Gasteiger charge is 1.98. The molecular weight excluding hydrogens is 190 g/mol. The molecule has 0 saturated carbocycles. The third-order valence-electron chi connectivity index (χ3n) is 1.97. The van der Waals surface area contributed by atoms with Crippen LogP contribution in [0.2, 0.25) is 0 Å². The van der Waals surface area contributed by atoms with Gasteiger partial charge in [-0.3, -0.25) is 4.99 Å². The third-order valence-corrected chi connectivity index (χ3v) is 1.97. The van der Waals surface area contributed by atoms with E-state index in [1.54, 1.807) is 14.2 Å². The summed E-state index contributed by atoms with van der Waals surface area (Å²) in [4.78, 5) is 4.13. The molecule has 4 nitrogen and oxygen atoms in total. The normalized spacial score (nSPS) is 11.9. The molecule has 0 radical (unpaired) electrons. The molecule has 0 bridgehead atoms. The molecular formula is C11H25N3O. The summed E-state index contributed by atoms with van der Waals surface area (Å²) >= 11 is 0. The zero-order chi connectivity index (χ0) is 11.5. The molecule has 0 amide bonds. The molecule has 90 valence electrons. The Morgan fingerprint density at radius 1 is 1.27 bits per heavy atom. The maximum atomic E-state index is 4.99. The standard InChI is InChI=1S/C11H25N3O/c1-10(2)14-11(12-3)13-8-6-5-7-9-15-4/h10H,5-9H2,1-4H3,(H2,12,13,14). The van der Waals surface area contributed by atoms with Crippen molar-refractivity contribution in [2.45, 2.75) is 39.2 Å². The van der Waals surface area contributed by atoms with Gasteiger partial charge in [0.25, 0.3) is 0 Å². The Balaban J connectivity index is 3.39. The summed E-state index contributed by atoms with van der Waals surface area (Å²) in [5.41, 5.74) is 0. The van der Waals surface area contributed by atoms with Gasteiger partial charge >= 0.3 is 0 Å². The van der Waals surface area contributed by atoms with Gasteiger partial charge in [-0.1, -0.05) is 0 Å². The van der Waals surface area contributed by atoms with Crippen LogP contribution in [-0.2, 0) is 4.74 Å². The highest BCUT2D eigenvalue weighted by atomic mass is 16.5. The number of hydrogen-bond donors (Lipinski definition) is 2. The Bertz CT molecular complexity index is 169. The Morgan fingerprint density at radius 2 is 2.00 bits per heavy atom. The van der Waals surface area contributed by atoms with Crippen LogP contribution in [0.3, 0.4) is 0 Å². The van der Waals surface area contributed by atoms with E-state index in [-0.39, 0.29) is 0 Å². The molecule has 0 unspecified atom stereocenters. The van der Waals surface area contributed by atoms with Crippen molar-refractivity contribution >= 4 is 5.96 Å². The summed E-state index contributed by atoms with van der Waals surface area (Å²) in [6.07, 6.45) is 3.48. The summed E-state index contributed by atoms with van der Waals surface area (Å²) in [6.45, 7) is 6.03. The van der Waals surface area contributed by atoms with Crippen molar-refractivity contribution < 1.29 is 4.74 Å². The molecule has 0 aliphatic heterocycles. The number of rotatable bonds is 7. The van der Waals surface area contributed by atoms with Crippen molar-refractivity contribution in [2.75, 3.05) is 27.3 Å². The fraction of sp³-hybridized carbons (Fsp3) is 0.909. The van der Waals surface area contributed by atoms with Crippen molar-refractivity contribution in [1.82, 2.24) is 10.6 Å². The van der Waals surface area contributed by atoms with Crippen LogP contribution < -0.4 is 10.6 Å². The smallest absolute Gasteiger partial charge is 0.191 e. The number of nitrogens with zero attached hydrogens (tertiary/aromatic N) is 1. The molecule has 0 heterocycles. The second-order valence-electron chi connectivity index (χ2n) is 3.85. The molecule has 0 aliphatic carbocycles. The third kappa shape index (κ3) is 9.53. The second-order valence-corrected chi connectivity index (χ2v) is 3.85. The van der Waals surface area contributed by atoms with E-state index in [4.69, 9.17) is 4.74 Å². The van der Waals surface area contributed by atoms with E-state index in [1.807, 2.05) is 0 Å². The van der Waals surface area contributed by atoms with E-state index < -0.39 is 0 Å². The van der Waals surface area contributed by atoms with Gasteiger partial charge in [-0.15, -0.1) is 0 Å². The van der Waals surface area contributed by atoms with E-state index in [0.29, 0.717) is 6.04 Å². The Hall–Kier alpha value is -0.770. The zero-order valence-electron chi connectivity index (χ0n) is 10.5. The first-order valence-corrected chi connectivity index (χ1v) is 5.66. The first-order valence-electron chi connectivity index (χ1n) is 5.66. The minimum absolute atomic E-state index is 0.421. The molecule has 2 N–H and O–H groups in total. The van der Waals surface area contributed by atoms with Crippen LogP contribution in [0.15, 0.2) is 4.99 Å². The van der Waals surface area contributed by atoms with Crippen LogP contribution in [0, 0.1) is 0 Å². The Labute approximate surface area is 93.5 Å². The van der Waals surface area contributed by atoms with Crippen molar-refractivity contribution in [3.63, 3.8) is 0 Å². The fourth-order valence-electron chi connectivity index (χ4n) is 1.22. The molecule has 0 fully saturated rings. The van der Waals surface area contributed by atoms with E-state index in [0.717, 1.165) is 32.0 Å². The molecule has 0 aromatic carbocycles. The van der Waals surface area contributed by atoms with Crippen LogP contribution >= 0.6 is 0 Å². The average molecular weight is 215 g/mol. The first-order chi connectivity index (χ1) is 7.20. The summed E-state index contributed by atoms with van der Waals surface area (Å²) in [5, 5.41) is 6.52. The van der Waals surface area contributed by atoms with Crippen LogP contribution in [0.4, 0.5) is 0 Å². The highest BCUT2D eigenvalue weighted by molar-refractivity contribution is 5.79. The molecule has 0 aromatic rings. The topological polar surface area (TPSA) is 45.7 Å². The van der Waals surface area contributed by atoms with Gasteiger partial charge in [-0.25, -0.2) is 0 Å². The van der Waals surface area contributed by atoms with Crippen molar-refractivity contribution in [3.05, 3.63) is 0 Å². The van der Waals surface area contributed by atoms with E-state index in [2.05, 4.69) is 29.5 Å². The Kier molecular flexibility index (Phi) is 9.27. The number of nitrogens with one attached hydrogen (secondary N) is 2. The first kappa shape index (κ1) is 14.2. The molecule has 0 atom stereocenters. The molecule has 0 aliphatic rings. The van der Waals surface area contributed by atoms with Crippen LogP contribution in [0.1, 0.15) is 33.1 Å². The van der Waals surface area contributed by atoms with Gasteiger partial charge in [0, 0.05) is 33.4 Å². The van der Waals surface area contributed by atoms with E-state index in [1.165, 1.54) is 6.42 Å². The lowest BCUT2D eigenvalue weighted by Gasteiger charge is -2.14. The van der Waals surface area contributed by atoms with Crippen molar-refractivity contribution in [3.8, 4) is 0 Å². The predicted octanol–water partition coefficient (Wildman–Crippen LogP) is 1.38. The quantitative estimate of drug-likeness (QED) is 0.383. The minimum Gasteiger partial charge on any atom is -0.385 e. The van der Waals surface area contributed by atoms with Crippen LogP contribution in [0.5, 0.6) is 0 Å². The number of guanidine groups is 1. The number of methoxy groups -OCH3 is 1. The molecule has 0 aromatic heterocycles. The highest BCUT2D eigenvalue weighted by Crippen LogP contribution is 1.93. The van der Waals surface area contributed by atoms with Crippen molar-refractivity contribution in [2.24, 2.45) is 4.99 Å². The molecule has 4 heteroatoms. The maximum Gasteiger partial charge on any atom is 0.191 e. The van der Waals surface area contributed by atoms with Gasteiger partial charge in [0.1, 0.15) is 0 Å². The summed E-state index contributed by atoms with van der Waals surface area (Å²) in [7, 11) is 3.54. The number of ether oxygens (including phenoxy) is 1. The van der Waals surface area contributed by atoms with Gasteiger partial charge in [0.05, 0.1) is 0 Å². The van der Waals surface area contributed by atoms with Crippen molar-refractivity contribution in [1.29, 1.82) is 0 Å².